The van der Waals surface area contributed by atoms with Crippen LogP contribution in [-0.2, 0) is 4.79 Å². The molecule has 1 saturated heterocycles. The number of carbonyl (C=O) groups is 1. The first-order chi connectivity index (χ1) is 13.5. The van der Waals surface area contributed by atoms with Crippen molar-refractivity contribution in [3.05, 3.63) is 64.0 Å². The molecule has 0 aromatic heterocycles. The van der Waals surface area contributed by atoms with Gasteiger partial charge in [0.15, 0.2) is 12.4 Å². The minimum Gasteiger partial charge on any atom is -0.477 e. The third-order valence-corrected chi connectivity index (χ3v) is 4.24. The zero-order chi connectivity index (χ0) is 19.9. The summed E-state index contributed by atoms with van der Waals surface area (Å²) in [6.45, 7) is 1.25. The van der Waals surface area contributed by atoms with Gasteiger partial charge in [-0.3, -0.25) is 14.9 Å². The van der Waals surface area contributed by atoms with Gasteiger partial charge in [-0.2, -0.15) is 5.10 Å². The Kier molecular flexibility index (Phi) is 6.15. The monoisotopic (exact) mass is 386 g/mol. The summed E-state index contributed by atoms with van der Waals surface area (Å²) in [4.78, 5) is 24.1. The Balaban J connectivity index is 1.52. The van der Waals surface area contributed by atoms with Crippen LogP contribution in [0.3, 0.4) is 0 Å². The van der Waals surface area contributed by atoms with Crippen LogP contribution in [0.15, 0.2) is 47.6 Å². The van der Waals surface area contributed by atoms with Crippen molar-refractivity contribution in [2.24, 2.45) is 5.10 Å². The molecule has 2 aromatic rings. The lowest BCUT2D eigenvalue weighted by molar-refractivity contribution is -0.385. The molecule has 1 amide bonds. The maximum atomic E-state index is 14.2. The fraction of sp³-hybridized carbons (Fsp3) is 0.263. The Hall–Kier alpha value is -3.49. The van der Waals surface area contributed by atoms with Gasteiger partial charge in [-0.15, -0.1) is 0 Å². The van der Waals surface area contributed by atoms with Crippen LogP contribution < -0.4 is 15.1 Å². The van der Waals surface area contributed by atoms with Crippen LogP contribution in [-0.4, -0.2) is 36.7 Å². The van der Waals surface area contributed by atoms with E-state index in [1.165, 1.54) is 30.5 Å². The number of halogens is 1. The van der Waals surface area contributed by atoms with E-state index in [1.54, 1.807) is 18.2 Å². The van der Waals surface area contributed by atoms with Crippen molar-refractivity contribution in [1.29, 1.82) is 0 Å². The van der Waals surface area contributed by atoms with Crippen LogP contribution in [0.4, 0.5) is 15.8 Å². The fourth-order valence-corrected chi connectivity index (χ4v) is 2.90. The summed E-state index contributed by atoms with van der Waals surface area (Å²) in [7, 11) is 0. The highest BCUT2D eigenvalue weighted by Crippen LogP contribution is 2.26. The van der Waals surface area contributed by atoms with Gasteiger partial charge in [0.25, 0.3) is 5.91 Å². The molecule has 3 rings (SSSR count). The molecule has 0 spiro atoms. The molecule has 28 heavy (non-hydrogen) atoms. The number of hydrogen-bond donors (Lipinski definition) is 1. The van der Waals surface area contributed by atoms with Gasteiger partial charge >= 0.3 is 5.69 Å². The van der Waals surface area contributed by atoms with E-state index in [0.717, 1.165) is 25.9 Å². The van der Waals surface area contributed by atoms with Crippen LogP contribution in [0.25, 0.3) is 0 Å². The van der Waals surface area contributed by atoms with Gasteiger partial charge in [-0.25, -0.2) is 9.82 Å². The first-order valence-electron chi connectivity index (χ1n) is 8.77. The Bertz CT molecular complexity index is 897. The van der Waals surface area contributed by atoms with Gasteiger partial charge in [0.05, 0.1) is 16.8 Å². The van der Waals surface area contributed by atoms with E-state index >= 15 is 0 Å². The topological polar surface area (TPSA) is 97.1 Å². The molecule has 1 fully saturated rings. The van der Waals surface area contributed by atoms with E-state index in [-0.39, 0.29) is 17.3 Å². The van der Waals surface area contributed by atoms with Crippen molar-refractivity contribution in [3.63, 3.8) is 0 Å². The third kappa shape index (κ3) is 4.81. The van der Waals surface area contributed by atoms with E-state index in [2.05, 4.69) is 10.5 Å². The van der Waals surface area contributed by atoms with Crippen molar-refractivity contribution < 1.29 is 18.8 Å². The standard InChI is InChI=1S/C19H19FN4O4/c20-15-11-14(7-8-16(15)23-9-3-4-10-23)12-21-22-19(25)13-28-18-6-2-1-5-17(18)24(26)27/h1-2,5-8,11-12H,3-4,9-10,13H2,(H,22,25)/b21-12+. The maximum absolute atomic E-state index is 14.2. The highest BCUT2D eigenvalue weighted by atomic mass is 19.1. The second-order valence-electron chi connectivity index (χ2n) is 6.21. The average Bonchev–Trinajstić information content (AvgIpc) is 3.21. The molecule has 0 bridgehead atoms. The predicted octanol–water partition coefficient (Wildman–Crippen LogP) is 2.86. The Morgan fingerprint density at radius 1 is 1.29 bits per heavy atom. The molecule has 146 valence electrons. The molecule has 0 atom stereocenters. The van der Waals surface area contributed by atoms with Gasteiger partial charge in [0, 0.05) is 19.2 Å². The summed E-state index contributed by atoms with van der Waals surface area (Å²) in [6, 6.07) is 10.5. The number of benzene rings is 2. The largest absolute Gasteiger partial charge is 0.477 e. The summed E-state index contributed by atoms with van der Waals surface area (Å²) in [5, 5.41) is 14.7. The van der Waals surface area contributed by atoms with Crippen molar-refractivity contribution in [1.82, 2.24) is 5.43 Å². The van der Waals surface area contributed by atoms with Gasteiger partial charge in [-0.05, 0) is 36.6 Å². The molecule has 1 N–H and O–H groups in total. The first-order valence-corrected chi connectivity index (χ1v) is 8.77. The number of ether oxygens (including phenoxy) is 1. The lowest BCUT2D eigenvalue weighted by atomic mass is 10.2. The Labute approximate surface area is 160 Å². The number of amides is 1. The molecule has 0 unspecified atom stereocenters. The molecule has 2 aromatic carbocycles. The van der Waals surface area contributed by atoms with Gasteiger partial charge in [-0.1, -0.05) is 18.2 Å². The Morgan fingerprint density at radius 2 is 2.04 bits per heavy atom. The highest BCUT2D eigenvalue weighted by Gasteiger charge is 2.16. The molecular weight excluding hydrogens is 367 g/mol. The highest BCUT2D eigenvalue weighted by molar-refractivity contribution is 5.83. The third-order valence-electron chi connectivity index (χ3n) is 4.24. The summed E-state index contributed by atoms with van der Waals surface area (Å²) < 4.78 is 19.4. The van der Waals surface area contributed by atoms with Crippen LogP contribution >= 0.6 is 0 Å². The number of hydrazone groups is 1. The molecule has 1 aliphatic heterocycles. The van der Waals surface area contributed by atoms with Crippen molar-refractivity contribution >= 4 is 23.5 Å². The normalized spacial score (nSPS) is 13.7. The predicted molar refractivity (Wildman–Crippen MR) is 102 cm³/mol. The number of nitrogens with one attached hydrogen (secondary N) is 1. The maximum Gasteiger partial charge on any atom is 0.310 e. The molecule has 0 saturated carbocycles. The summed E-state index contributed by atoms with van der Waals surface area (Å²) in [5.74, 6) is -0.938. The van der Waals surface area contributed by atoms with Gasteiger partial charge in [0.1, 0.15) is 5.82 Å². The summed E-state index contributed by atoms with van der Waals surface area (Å²) in [5.41, 5.74) is 3.08. The molecule has 0 radical (unpaired) electrons. The number of para-hydroxylation sites is 2. The zero-order valence-corrected chi connectivity index (χ0v) is 15.0. The first kappa shape index (κ1) is 19.3. The minimum absolute atomic E-state index is 0.00815. The Morgan fingerprint density at radius 3 is 2.75 bits per heavy atom. The van der Waals surface area contributed by atoms with Gasteiger partial charge in [0.2, 0.25) is 0 Å². The van der Waals surface area contributed by atoms with E-state index in [0.29, 0.717) is 11.3 Å². The number of nitro groups is 1. The van der Waals surface area contributed by atoms with Crippen LogP contribution in [0.1, 0.15) is 18.4 Å². The van der Waals surface area contributed by atoms with Crippen molar-refractivity contribution in [2.45, 2.75) is 12.8 Å². The summed E-state index contributed by atoms with van der Waals surface area (Å²) >= 11 is 0. The molecule has 1 aliphatic rings. The van der Waals surface area contributed by atoms with Crippen LogP contribution in [0, 0.1) is 15.9 Å². The zero-order valence-electron chi connectivity index (χ0n) is 15.0. The van der Waals surface area contributed by atoms with Crippen molar-refractivity contribution in [3.8, 4) is 5.75 Å². The van der Waals surface area contributed by atoms with Crippen LogP contribution in [0.5, 0.6) is 5.75 Å². The molecular formula is C19H19FN4O4. The summed E-state index contributed by atoms with van der Waals surface area (Å²) in [6.07, 6.45) is 3.44. The fourth-order valence-electron chi connectivity index (χ4n) is 2.90. The number of nitrogens with zero attached hydrogens (tertiary/aromatic N) is 3. The molecule has 8 nitrogen and oxygen atoms in total. The van der Waals surface area contributed by atoms with Gasteiger partial charge < -0.3 is 9.64 Å². The lowest BCUT2D eigenvalue weighted by Crippen LogP contribution is -2.24. The van der Waals surface area contributed by atoms with E-state index < -0.39 is 17.4 Å². The van der Waals surface area contributed by atoms with E-state index in [4.69, 9.17) is 4.74 Å². The quantitative estimate of drug-likeness (QED) is 0.448. The molecule has 9 heteroatoms. The van der Waals surface area contributed by atoms with Crippen molar-refractivity contribution in [2.75, 3.05) is 24.6 Å². The van der Waals surface area contributed by atoms with E-state index in [1.807, 2.05) is 4.90 Å². The average molecular weight is 386 g/mol. The number of hydrogen-bond acceptors (Lipinski definition) is 6. The van der Waals surface area contributed by atoms with E-state index in [9.17, 15) is 19.3 Å². The molecule has 0 aliphatic carbocycles. The second-order valence-corrected chi connectivity index (χ2v) is 6.21. The number of nitro benzene ring substituents is 1. The second kappa shape index (κ2) is 8.94. The lowest BCUT2D eigenvalue weighted by Gasteiger charge is -2.18. The molecule has 1 heterocycles. The smallest absolute Gasteiger partial charge is 0.310 e. The number of carbonyl (C=O) groups excluding carboxylic acids is 1. The van der Waals surface area contributed by atoms with Crippen LogP contribution in [0.2, 0.25) is 0 Å². The number of rotatable bonds is 7. The minimum atomic E-state index is -0.594. The number of anilines is 1. The SMILES string of the molecule is O=C(COc1ccccc1[N+](=O)[O-])N/N=C/c1ccc(N2CCCC2)c(F)c1.